The Morgan fingerprint density at radius 3 is 2.43 bits per heavy atom. The molecule has 0 radical (unpaired) electrons. The first-order chi connectivity index (χ1) is 12.9. The van der Waals surface area contributed by atoms with Crippen LogP contribution in [0.1, 0.15) is 13.8 Å². The molecular weight excluding hydrogens is 393 g/mol. The fourth-order valence-electron chi connectivity index (χ4n) is 2.73. The lowest BCUT2D eigenvalue weighted by Crippen LogP contribution is -2.38. The van der Waals surface area contributed by atoms with Crippen LogP contribution in [-0.4, -0.2) is 61.8 Å². The standard InChI is InChI=1S/C16H17F3O9/c1-6(2)12(21)24-4-8(20)27-15-10(13(22)25-5-16(17,18)19)9-11(28-15)7(3)26-14(9)23/h7,9-11,15H,1,4-5H2,2-3H3. The van der Waals surface area contributed by atoms with Crippen LogP contribution in [0.2, 0.25) is 0 Å². The van der Waals surface area contributed by atoms with Crippen molar-refractivity contribution >= 4 is 23.9 Å². The van der Waals surface area contributed by atoms with E-state index in [0.29, 0.717) is 0 Å². The Morgan fingerprint density at radius 2 is 1.86 bits per heavy atom. The van der Waals surface area contributed by atoms with Gasteiger partial charge in [-0.05, 0) is 13.8 Å². The van der Waals surface area contributed by atoms with Crippen molar-refractivity contribution in [1.82, 2.24) is 0 Å². The molecule has 156 valence electrons. The van der Waals surface area contributed by atoms with Gasteiger partial charge in [-0.3, -0.25) is 9.59 Å². The van der Waals surface area contributed by atoms with Crippen LogP contribution in [0.5, 0.6) is 0 Å². The quantitative estimate of drug-likeness (QED) is 0.354. The van der Waals surface area contributed by atoms with E-state index in [1.165, 1.54) is 13.8 Å². The van der Waals surface area contributed by atoms with Crippen molar-refractivity contribution in [1.29, 1.82) is 0 Å². The fraction of sp³-hybridized carbons (Fsp3) is 0.625. The maximum Gasteiger partial charge on any atom is 0.422 e. The summed E-state index contributed by atoms with van der Waals surface area (Å²) in [6.07, 6.45) is -8.34. The molecule has 0 aromatic rings. The second-order valence-corrected chi connectivity index (χ2v) is 6.23. The Morgan fingerprint density at radius 1 is 1.21 bits per heavy atom. The van der Waals surface area contributed by atoms with Gasteiger partial charge in [0, 0.05) is 5.57 Å². The minimum atomic E-state index is -4.79. The Hall–Kier alpha value is -2.63. The van der Waals surface area contributed by atoms with Crippen LogP contribution < -0.4 is 0 Å². The number of hydrogen-bond acceptors (Lipinski definition) is 9. The molecule has 2 heterocycles. The lowest BCUT2D eigenvalue weighted by Gasteiger charge is -2.21. The van der Waals surface area contributed by atoms with Gasteiger partial charge in [0.05, 0.1) is 0 Å². The van der Waals surface area contributed by atoms with E-state index in [4.69, 9.17) is 14.2 Å². The first-order valence-electron chi connectivity index (χ1n) is 8.02. The summed E-state index contributed by atoms with van der Waals surface area (Å²) < 4.78 is 60.8. The monoisotopic (exact) mass is 410 g/mol. The highest BCUT2D eigenvalue weighted by molar-refractivity contribution is 5.89. The number of cyclic esters (lactones) is 1. The molecule has 0 saturated carbocycles. The number of esters is 4. The fourth-order valence-corrected chi connectivity index (χ4v) is 2.73. The molecule has 5 atom stereocenters. The maximum absolute atomic E-state index is 12.3. The Labute approximate surface area is 156 Å². The molecule has 2 aliphatic rings. The lowest BCUT2D eigenvalue weighted by atomic mass is 9.90. The molecule has 0 aromatic heterocycles. The van der Waals surface area contributed by atoms with E-state index < -0.39 is 73.6 Å². The van der Waals surface area contributed by atoms with E-state index in [9.17, 15) is 32.3 Å². The first kappa shape index (κ1) is 21.7. The van der Waals surface area contributed by atoms with Gasteiger partial charge in [-0.15, -0.1) is 0 Å². The van der Waals surface area contributed by atoms with Crippen molar-refractivity contribution in [2.24, 2.45) is 11.8 Å². The number of alkyl halides is 3. The summed E-state index contributed by atoms with van der Waals surface area (Å²) in [5.41, 5.74) is 0.0182. The molecule has 0 bridgehead atoms. The predicted molar refractivity (Wildman–Crippen MR) is 80.1 cm³/mol. The highest BCUT2D eigenvalue weighted by atomic mass is 19.4. The zero-order valence-corrected chi connectivity index (χ0v) is 14.8. The molecule has 2 fully saturated rings. The van der Waals surface area contributed by atoms with E-state index in [1.54, 1.807) is 0 Å². The average Bonchev–Trinajstić information content (AvgIpc) is 3.07. The van der Waals surface area contributed by atoms with Crippen molar-refractivity contribution in [3.05, 3.63) is 12.2 Å². The Kier molecular flexibility index (Phi) is 6.32. The normalized spacial score (nSPS) is 28.9. The van der Waals surface area contributed by atoms with Crippen LogP contribution in [0.15, 0.2) is 12.2 Å². The summed E-state index contributed by atoms with van der Waals surface area (Å²) in [6.45, 7) is 3.35. The Balaban J connectivity index is 2.09. The molecule has 2 aliphatic heterocycles. The summed E-state index contributed by atoms with van der Waals surface area (Å²) >= 11 is 0. The second-order valence-electron chi connectivity index (χ2n) is 6.23. The summed E-state index contributed by atoms with van der Waals surface area (Å²) in [4.78, 5) is 47.2. The van der Waals surface area contributed by atoms with Crippen molar-refractivity contribution in [3.63, 3.8) is 0 Å². The summed E-state index contributed by atoms with van der Waals surface area (Å²) in [6, 6.07) is 0. The molecule has 0 amide bonds. The van der Waals surface area contributed by atoms with Crippen LogP contribution in [0.3, 0.4) is 0 Å². The van der Waals surface area contributed by atoms with Gasteiger partial charge in [0.25, 0.3) is 0 Å². The predicted octanol–water partition coefficient (Wildman–Crippen LogP) is 0.657. The van der Waals surface area contributed by atoms with E-state index in [1.807, 2.05) is 0 Å². The lowest BCUT2D eigenvalue weighted by molar-refractivity contribution is -0.208. The maximum atomic E-state index is 12.3. The summed E-state index contributed by atoms with van der Waals surface area (Å²) in [7, 11) is 0. The summed E-state index contributed by atoms with van der Waals surface area (Å²) in [5.74, 6) is -7.31. The zero-order chi connectivity index (χ0) is 21.2. The minimum absolute atomic E-state index is 0.0182. The van der Waals surface area contributed by atoms with Crippen LogP contribution in [0.25, 0.3) is 0 Å². The summed E-state index contributed by atoms with van der Waals surface area (Å²) in [5, 5.41) is 0. The van der Waals surface area contributed by atoms with Crippen LogP contribution >= 0.6 is 0 Å². The largest absolute Gasteiger partial charge is 0.460 e. The molecule has 0 aromatic carbocycles. The topological polar surface area (TPSA) is 114 Å². The molecule has 9 nitrogen and oxygen atoms in total. The highest BCUT2D eigenvalue weighted by Crippen LogP contribution is 2.42. The number of rotatable bonds is 6. The van der Waals surface area contributed by atoms with Gasteiger partial charge in [0.15, 0.2) is 13.2 Å². The van der Waals surface area contributed by atoms with Crippen molar-refractivity contribution in [3.8, 4) is 0 Å². The van der Waals surface area contributed by atoms with E-state index in [0.717, 1.165) is 0 Å². The molecule has 12 heteroatoms. The van der Waals surface area contributed by atoms with Crippen LogP contribution in [-0.2, 0) is 42.9 Å². The van der Waals surface area contributed by atoms with Gasteiger partial charge >= 0.3 is 30.1 Å². The first-order valence-corrected chi connectivity index (χ1v) is 8.02. The second kappa shape index (κ2) is 8.17. The number of halogens is 3. The van der Waals surface area contributed by atoms with Crippen LogP contribution in [0, 0.1) is 11.8 Å². The molecule has 0 aliphatic carbocycles. The van der Waals surface area contributed by atoms with Gasteiger partial charge in [-0.25, -0.2) is 9.59 Å². The minimum Gasteiger partial charge on any atom is -0.460 e. The molecule has 2 saturated heterocycles. The molecule has 0 spiro atoms. The average molecular weight is 410 g/mol. The SMILES string of the molecule is C=C(C)C(=O)OCC(=O)OC1OC2C(C)OC(=O)C2C1C(=O)OCC(F)(F)F. The molecule has 0 N–H and O–H groups in total. The third-order valence-electron chi connectivity index (χ3n) is 3.93. The number of carbonyl (C=O) groups excluding carboxylic acids is 4. The molecule has 28 heavy (non-hydrogen) atoms. The number of ether oxygens (including phenoxy) is 5. The van der Waals surface area contributed by atoms with Crippen molar-refractivity contribution in [2.75, 3.05) is 13.2 Å². The molecule has 5 unspecified atom stereocenters. The van der Waals surface area contributed by atoms with Crippen molar-refractivity contribution in [2.45, 2.75) is 38.5 Å². The molecule has 2 rings (SSSR count). The van der Waals surface area contributed by atoms with Gasteiger partial charge in [-0.2, -0.15) is 13.2 Å². The van der Waals surface area contributed by atoms with Crippen LogP contribution in [0.4, 0.5) is 13.2 Å². The number of hydrogen-bond donors (Lipinski definition) is 0. The van der Waals surface area contributed by atoms with E-state index >= 15 is 0 Å². The van der Waals surface area contributed by atoms with E-state index in [2.05, 4.69) is 16.1 Å². The smallest absolute Gasteiger partial charge is 0.422 e. The number of fused-ring (bicyclic) bond motifs is 1. The number of carbonyl (C=O) groups is 4. The van der Waals surface area contributed by atoms with Gasteiger partial charge in [-0.1, -0.05) is 6.58 Å². The van der Waals surface area contributed by atoms with Gasteiger partial charge in [0.1, 0.15) is 24.0 Å². The van der Waals surface area contributed by atoms with Gasteiger partial charge < -0.3 is 23.7 Å². The zero-order valence-electron chi connectivity index (χ0n) is 14.8. The van der Waals surface area contributed by atoms with E-state index in [-0.39, 0.29) is 5.57 Å². The highest BCUT2D eigenvalue weighted by Gasteiger charge is 2.61. The third kappa shape index (κ3) is 5.00. The molecular formula is C16H17F3O9. The van der Waals surface area contributed by atoms with Crippen molar-refractivity contribution < 1.29 is 56.0 Å². The Bertz CT molecular complexity index is 687. The van der Waals surface area contributed by atoms with Gasteiger partial charge in [0.2, 0.25) is 6.29 Å². The third-order valence-corrected chi connectivity index (χ3v) is 3.93.